The summed E-state index contributed by atoms with van der Waals surface area (Å²) in [5, 5.41) is 24.5. The van der Waals surface area contributed by atoms with Crippen molar-refractivity contribution in [1.82, 2.24) is 14.9 Å². The van der Waals surface area contributed by atoms with E-state index in [1.54, 1.807) is 13.0 Å². The molecular weight excluding hydrogens is 501 g/mol. The van der Waals surface area contributed by atoms with Crippen molar-refractivity contribution in [2.45, 2.75) is 56.1 Å². The number of halogens is 1. The van der Waals surface area contributed by atoms with Gasteiger partial charge in [0.25, 0.3) is 5.56 Å². The Morgan fingerprint density at radius 1 is 1.30 bits per heavy atom. The summed E-state index contributed by atoms with van der Waals surface area (Å²) in [6, 6.07) is 2.44. The monoisotopic (exact) mass is 523 g/mol. The fourth-order valence-electron chi connectivity index (χ4n) is 5.67. The number of hydrogen-bond acceptors (Lipinski definition) is 8. The molecule has 1 amide bonds. The quantitative estimate of drug-likeness (QED) is 0.348. The Morgan fingerprint density at radius 3 is 2.84 bits per heavy atom. The smallest absolute Gasteiger partial charge is 0.340 e. The average molecular weight is 524 g/mol. The molecule has 1 aromatic carbocycles. The van der Waals surface area contributed by atoms with E-state index in [0.29, 0.717) is 33.8 Å². The molecule has 5 heterocycles. The molecule has 7 rings (SSSR count). The van der Waals surface area contributed by atoms with E-state index in [1.165, 1.54) is 22.4 Å². The highest BCUT2D eigenvalue weighted by Gasteiger charge is 2.40. The maximum Gasteiger partial charge on any atom is 0.340 e. The number of aromatic nitrogens is 2. The van der Waals surface area contributed by atoms with Crippen molar-refractivity contribution in [3.05, 3.63) is 56.1 Å². The van der Waals surface area contributed by atoms with Crippen molar-refractivity contribution in [1.29, 1.82) is 0 Å². The number of aliphatic hydroxyl groups excluding tert-OH is 2. The van der Waals surface area contributed by atoms with Gasteiger partial charge in [0.2, 0.25) is 5.91 Å². The number of carbonyl (C=O) groups excluding carboxylic acids is 2. The van der Waals surface area contributed by atoms with Gasteiger partial charge in [0.15, 0.2) is 6.10 Å². The molecule has 0 radical (unpaired) electrons. The number of nitrogens with one attached hydrogen (secondary N) is 1. The van der Waals surface area contributed by atoms with Gasteiger partial charge in [0.1, 0.15) is 18.5 Å². The maximum absolute atomic E-state index is 14.9. The van der Waals surface area contributed by atoms with Gasteiger partial charge in [-0.1, -0.05) is 0 Å². The number of thioether (sulfide) groups is 1. The molecule has 3 aromatic rings. The van der Waals surface area contributed by atoms with Gasteiger partial charge in [0.05, 0.1) is 35.1 Å². The number of fused-ring (bicyclic) bond motifs is 5. The molecule has 4 aliphatic rings. The lowest BCUT2D eigenvalue weighted by Crippen LogP contribution is -2.40. The van der Waals surface area contributed by atoms with Gasteiger partial charge in [0, 0.05) is 33.2 Å². The van der Waals surface area contributed by atoms with Crippen LogP contribution in [0.25, 0.3) is 22.3 Å². The molecule has 0 saturated heterocycles. The minimum Gasteiger partial charge on any atom is -0.458 e. The molecule has 3 N–H and O–H groups in total. The van der Waals surface area contributed by atoms with E-state index in [-0.39, 0.29) is 30.2 Å². The summed E-state index contributed by atoms with van der Waals surface area (Å²) in [5.41, 5.74) is 3.19. The number of amides is 1. The second-order valence-electron chi connectivity index (χ2n) is 10.1. The van der Waals surface area contributed by atoms with Gasteiger partial charge in [-0.15, -0.1) is 11.8 Å². The topological polar surface area (TPSA) is 131 Å². The Bertz CT molecular complexity index is 1630. The minimum atomic E-state index is -1.58. The van der Waals surface area contributed by atoms with E-state index in [0.717, 1.165) is 28.7 Å². The van der Waals surface area contributed by atoms with Crippen molar-refractivity contribution >= 4 is 34.5 Å². The molecule has 1 fully saturated rings. The summed E-state index contributed by atoms with van der Waals surface area (Å²) in [4.78, 5) is 43.7. The van der Waals surface area contributed by atoms with Crippen LogP contribution in [-0.4, -0.2) is 43.5 Å². The highest BCUT2D eigenvalue weighted by molar-refractivity contribution is 7.99. The second-order valence-corrected chi connectivity index (χ2v) is 11.1. The third-order valence-electron chi connectivity index (χ3n) is 7.82. The lowest BCUT2D eigenvalue weighted by atomic mass is 9.93. The van der Waals surface area contributed by atoms with E-state index < -0.39 is 41.5 Å². The van der Waals surface area contributed by atoms with Crippen LogP contribution >= 0.6 is 11.8 Å². The molecule has 1 saturated carbocycles. The number of ether oxygens (including phenoxy) is 1. The van der Waals surface area contributed by atoms with Crippen LogP contribution in [0.3, 0.4) is 0 Å². The normalized spacial score (nSPS) is 22.2. The molecule has 2 aromatic heterocycles. The number of rotatable bonds is 3. The van der Waals surface area contributed by atoms with Crippen LogP contribution in [0.15, 0.2) is 21.8 Å². The summed E-state index contributed by atoms with van der Waals surface area (Å²) >= 11 is 1.43. The Kier molecular flexibility index (Phi) is 4.86. The fourth-order valence-corrected chi connectivity index (χ4v) is 6.93. The number of aliphatic hydroxyl groups is 2. The van der Waals surface area contributed by atoms with Gasteiger partial charge in [-0.2, -0.15) is 0 Å². The molecule has 0 bridgehead atoms. The molecule has 3 atom stereocenters. The molecular formula is C26H22FN3O6S. The first-order valence-corrected chi connectivity index (χ1v) is 13.1. The third-order valence-corrected chi connectivity index (χ3v) is 9.12. The third kappa shape index (κ3) is 3.23. The number of benzene rings is 1. The van der Waals surface area contributed by atoms with Gasteiger partial charge in [-0.25, -0.2) is 14.2 Å². The van der Waals surface area contributed by atoms with E-state index in [1.807, 2.05) is 0 Å². The van der Waals surface area contributed by atoms with Crippen LogP contribution in [-0.2, 0) is 27.5 Å². The summed E-state index contributed by atoms with van der Waals surface area (Å²) in [6.45, 7) is 1.64. The first kappa shape index (κ1) is 22.9. The highest BCUT2D eigenvalue weighted by atomic mass is 32.2. The van der Waals surface area contributed by atoms with Crippen LogP contribution in [0.2, 0.25) is 0 Å². The highest BCUT2D eigenvalue weighted by Crippen LogP contribution is 2.48. The van der Waals surface area contributed by atoms with Gasteiger partial charge < -0.3 is 24.8 Å². The van der Waals surface area contributed by atoms with E-state index >= 15 is 0 Å². The van der Waals surface area contributed by atoms with Crippen molar-refractivity contribution < 1.29 is 28.9 Å². The van der Waals surface area contributed by atoms with Crippen LogP contribution in [0.1, 0.15) is 52.8 Å². The van der Waals surface area contributed by atoms with Crippen molar-refractivity contribution in [2.75, 3.05) is 5.75 Å². The first-order valence-electron chi connectivity index (χ1n) is 12.1. The maximum atomic E-state index is 14.9. The molecule has 9 nitrogen and oxygen atoms in total. The predicted octanol–water partition coefficient (Wildman–Crippen LogP) is 2.00. The van der Waals surface area contributed by atoms with Crippen LogP contribution in [0.5, 0.6) is 0 Å². The Morgan fingerprint density at radius 2 is 2.08 bits per heavy atom. The van der Waals surface area contributed by atoms with Gasteiger partial charge in [-0.3, -0.25) is 9.59 Å². The average Bonchev–Trinajstić information content (AvgIpc) is 3.66. The largest absolute Gasteiger partial charge is 0.458 e. The Labute approximate surface area is 213 Å². The number of pyridine rings is 2. The Balaban J connectivity index is 1.45. The second kappa shape index (κ2) is 7.86. The zero-order valence-electron chi connectivity index (χ0n) is 19.7. The number of hydrogen-bond donors (Lipinski definition) is 3. The van der Waals surface area contributed by atoms with E-state index in [4.69, 9.17) is 9.72 Å². The van der Waals surface area contributed by atoms with Crippen LogP contribution < -0.4 is 10.9 Å². The fraction of sp³-hybridized carbons (Fsp3) is 0.385. The summed E-state index contributed by atoms with van der Waals surface area (Å²) in [6.07, 6.45) is -1.04. The zero-order chi connectivity index (χ0) is 25.7. The van der Waals surface area contributed by atoms with Crippen LogP contribution in [0.4, 0.5) is 4.39 Å². The van der Waals surface area contributed by atoms with Gasteiger partial charge in [-0.05, 0) is 42.9 Å². The predicted molar refractivity (Wildman–Crippen MR) is 130 cm³/mol. The SMILES string of the molecule is Cc1c(F)cc2nc3c(c4c2c1SCC4NC(=O)C(O)C1CC1)Cn1c-3cc2c(c1=O)COC(=O)C2O. The van der Waals surface area contributed by atoms with Crippen molar-refractivity contribution in [3.8, 4) is 11.4 Å². The Hall–Kier alpha value is -3.28. The first-order chi connectivity index (χ1) is 17.7. The number of cyclic esters (lactones) is 1. The molecule has 11 heteroatoms. The summed E-state index contributed by atoms with van der Waals surface area (Å²) in [5.74, 6) is -1.29. The lowest BCUT2D eigenvalue weighted by molar-refractivity contribution is -0.157. The molecule has 37 heavy (non-hydrogen) atoms. The van der Waals surface area contributed by atoms with Crippen LogP contribution in [0, 0.1) is 18.7 Å². The van der Waals surface area contributed by atoms with E-state index in [2.05, 4.69) is 5.32 Å². The molecule has 1 aliphatic carbocycles. The standard InChI is InChI=1S/C26H22FN3O6S/c1-9-14(27)5-15-19-18(16(8-37-23(9)19)29-24(33)21(31)10-2-3-10)12-6-30-17(20(12)28-15)4-11-13(25(30)34)7-36-26(35)22(11)32/h4-5,10,16,21-22,31-32H,2-3,6-8H2,1H3,(H,29,33). The van der Waals surface area contributed by atoms with E-state index in [9.17, 15) is 29.0 Å². The molecule has 3 aliphatic heterocycles. The van der Waals surface area contributed by atoms with Crippen molar-refractivity contribution in [3.63, 3.8) is 0 Å². The number of nitrogens with zero attached hydrogens (tertiary/aromatic N) is 2. The lowest BCUT2D eigenvalue weighted by Gasteiger charge is -2.30. The number of esters is 1. The van der Waals surface area contributed by atoms with Gasteiger partial charge >= 0.3 is 5.97 Å². The molecule has 0 spiro atoms. The summed E-state index contributed by atoms with van der Waals surface area (Å²) in [7, 11) is 0. The van der Waals surface area contributed by atoms with Crippen molar-refractivity contribution in [2.24, 2.45) is 5.92 Å². The minimum absolute atomic E-state index is 0.0337. The summed E-state index contributed by atoms with van der Waals surface area (Å²) < 4.78 is 21.4. The number of carbonyl (C=O) groups is 2. The molecule has 190 valence electrons. The zero-order valence-corrected chi connectivity index (χ0v) is 20.5. The molecule has 3 unspecified atom stereocenters.